The number of hydrogen-bond acceptors (Lipinski definition) is 10. The number of H-pyrrole nitrogens is 1. The van der Waals surface area contributed by atoms with Gasteiger partial charge in [-0.2, -0.15) is 12.7 Å². The Bertz CT molecular complexity index is 2900. The lowest BCUT2D eigenvalue weighted by Gasteiger charge is -2.35. The van der Waals surface area contributed by atoms with Gasteiger partial charge in [0.15, 0.2) is 5.82 Å². The fourth-order valence-electron chi connectivity index (χ4n) is 10.2. The summed E-state index contributed by atoms with van der Waals surface area (Å²) in [7, 11) is -4.36. The van der Waals surface area contributed by atoms with Gasteiger partial charge >= 0.3 is 10.2 Å². The molecule has 0 radical (unpaired) electrons. The molecule has 2 aromatic heterocycles. The van der Waals surface area contributed by atoms with E-state index < -0.39 is 57.0 Å². The quantitative estimate of drug-likeness (QED) is 0.0891. The molecule has 68 heavy (non-hydrogen) atoms. The van der Waals surface area contributed by atoms with Crippen LogP contribution in [0.5, 0.6) is 0 Å². The van der Waals surface area contributed by atoms with Gasteiger partial charge in [-0.1, -0.05) is 12.1 Å². The lowest BCUT2D eigenvalue weighted by Crippen LogP contribution is -2.52. The first-order valence-electron chi connectivity index (χ1n) is 23.2. The molecule has 5 aliphatic heterocycles. The lowest BCUT2D eigenvalue weighted by molar-refractivity contribution is -0.136. The van der Waals surface area contributed by atoms with E-state index in [0.717, 1.165) is 104 Å². The molecule has 3 N–H and O–H groups in total. The number of imide groups is 1. The number of benzene rings is 3. The van der Waals surface area contributed by atoms with Crippen LogP contribution in [-0.2, 0) is 31.1 Å². The molecular formula is C49H51F3N8O7S. The number of carbonyl (C=O) groups is 4. The molecular weight excluding hydrogens is 902 g/mol. The van der Waals surface area contributed by atoms with E-state index >= 15 is 8.78 Å². The minimum Gasteiger partial charge on any atom is -0.381 e. The van der Waals surface area contributed by atoms with Gasteiger partial charge in [0.2, 0.25) is 17.6 Å². The summed E-state index contributed by atoms with van der Waals surface area (Å²) in [6.07, 6.45) is 6.21. The summed E-state index contributed by atoms with van der Waals surface area (Å²) in [5.41, 5.74) is 3.90. The molecule has 19 heteroatoms. The average molecular weight is 953 g/mol. The monoisotopic (exact) mass is 952 g/mol. The number of nitrogens with zero attached hydrogens (tertiary/aromatic N) is 5. The molecule has 3 aromatic carbocycles. The summed E-state index contributed by atoms with van der Waals surface area (Å²) >= 11 is 0. The normalized spacial score (nSPS) is 20.9. The summed E-state index contributed by atoms with van der Waals surface area (Å²) in [5.74, 6) is -3.49. The number of nitrogens with one attached hydrogen (secondary N) is 3. The standard InChI is InChI=1S/C49H51F3N8O7S/c50-34-15-20-59(26-34)68(65,66)56-41-8-7-40(51)44(45(41)52)46(62)39-24-54-47-38(39)22-32(23-53-47)31-1-3-35(4-2-31)57-16-11-29(12-17-57)27-67-28-30-13-18-58(19-14-30)36-5-6-37-33(21-36)25-60(49(37)64)42-9-10-43(61)55-48(42)63/h1-8,21-24,29-30,34,42,56H,9-20,25-28H2,(H,53,54)(H,55,61,63). The second-order valence-electron chi connectivity index (χ2n) is 18.5. The largest absolute Gasteiger partial charge is 0.381 e. The second-order valence-corrected chi connectivity index (χ2v) is 20.1. The number of aromatic nitrogens is 2. The highest BCUT2D eigenvalue weighted by molar-refractivity contribution is 7.90. The summed E-state index contributed by atoms with van der Waals surface area (Å²) in [5, 5.41) is 2.69. The molecule has 0 bridgehead atoms. The van der Waals surface area contributed by atoms with Crippen molar-refractivity contribution in [2.45, 2.75) is 63.7 Å². The predicted molar refractivity (Wildman–Crippen MR) is 248 cm³/mol. The van der Waals surface area contributed by atoms with Crippen molar-refractivity contribution < 1.29 is 45.5 Å². The first-order valence-corrected chi connectivity index (χ1v) is 24.6. The topological polar surface area (TPSA) is 177 Å². The van der Waals surface area contributed by atoms with Crippen LogP contribution in [0.3, 0.4) is 0 Å². The van der Waals surface area contributed by atoms with Gasteiger partial charge in [-0.15, -0.1) is 0 Å². The van der Waals surface area contributed by atoms with Crippen molar-refractivity contribution in [1.82, 2.24) is 24.5 Å². The average Bonchev–Trinajstić information content (AvgIpc) is 4.07. The molecule has 5 aromatic rings. The zero-order valence-electron chi connectivity index (χ0n) is 37.2. The van der Waals surface area contributed by atoms with Gasteiger partial charge in [0.1, 0.15) is 23.7 Å². The molecule has 4 saturated heterocycles. The summed E-state index contributed by atoms with van der Waals surface area (Å²) in [6, 6.07) is 16.7. The molecule has 7 heterocycles. The van der Waals surface area contributed by atoms with Gasteiger partial charge in [0, 0.05) is 111 Å². The van der Waals surface area contributed by atoms with Gasteiger partial charge in [0.05, 0.1) is 11.3 Å². The van der Waals surface area contributed by atoms with E-state index in [1.165, 1.54) is 6.20 Å². The zero-order valence-corrected chi connectivity index (χ0v) is 38.0. The highest BCUT2D eigenvalue weighted by atomic mass is 32.2. The lowest BCUT2D eigenvalue weighted by atomic mass is 9.95. The Hall–Kier alpha value is -6.31. The highest BCUT2D eigenvalue weighted by Crippen LogP contribution is 2.35. The van der Waals surface area contributed by atoms with Crippen LogP contribution in [-0.4, -0.2) is 116 Å². The minimum absolute atomic E-state index is 0.00329. The van der Waals surface area contributed by atoms with Crippen molar-refractivity contribution in [1.29, 1.82) is 0 Å². The van der Waals surface area contributed by atoms with E-state index in [-0.39, 0.29) is 43.3 Å². The third-order valence-corrected chi connectivity index (χ3v) is 15.6. The van der Waals surface area contributed by atoms with Gasteiger partial charge < -0.3 is 24.4 Å². The van der Waals surface area contributed by atoms with Crippen LogP contribution < -0.4 is 19.8 Å². The number of ether oxygens (including phenoxy) is 1. The van der Waals surface area contributed by atoms with Crippen LogP contribution in [0, 0.1) is 23.5 Å². The highest BCUT2D eigenvalue weighted by Gasteiger charge is 2.40. The van der Waals surface area contributed by atoms with Crippen LogP contribution in [0.2, 0.25) is 0 Å². The SMILES string of the molecule is O=C1CCC(N2Cc3cc(N4CCC(COCC5CCN(c6ccc(-c7cnc8[nH]cc(C(=O)c9c(F)ccc(NS(=O)(=O)N%10CCC(F)C%10)c9F)c8c7)cc6)CC5)CC4)ccc3C2=O)C(=O)N1. The number of carbonyl (C=O) groups excluding carboxylic acids is 4. The van der Waals surface area contributed by atoms with E-state index in [0.29, 0.717) is 47.0 Å². The number of hydrogen-bond donors (Lipinski definition) is 3. The Morgan fingerprint density at radius 1 is 0.824 bits per heavy atom. The maximum Gasteiger partial charge on any atom is 0.301 e. The third-order valence-electron chi connectivity index (χ3n) is 14.1. The number of fused-ring (bicyclic) bond motifs is 2. The van der Waals surface area contributed by atoms with Crippen LogP contribution in [0.15, 0.2) is 73.1 Å². The number of anilines is 3. The minimum atomic E-state index is -4.36. The summed E-state index contributed by atoms with van der Waals surface area (Å²) in [4.78, 5) is 64.6. The molecule has 10 rings (SSSR count). The second kappa shape index (κ2) is 18.6. The van der Waals surface area contributed by atoms with Crippen LogP contribution in [0.4, 0.5) is 30.2 Å². The predicted octanol–water partition coefficient (Wildman–Crippen LogP) is 6.35. The Morgan fingerprint density at radius 2 is 1.51 bits per heavy atom. The number of piperidine rings is 3. The van der Waals surface area contributed by atoms with E-state index in [4.69, 9.17) is 4.74 Å². The molecule has 0 saturated carbocycles. The van der Waals surface area contributed by atoms with E-state index in [2.05, 4.69) is 31.2 Å². The van der Waals surface area contributed by atoms with Crippen molar-refractivity contribution in [3.05, 3.63) is 107 Å². The van der Waals surface area contributed by atoms with E-state index in [1.54, 1.807) is 17.2 Å². The van der Waals surface area contributed by atoms with Crippen molar-refractivity contribution in [3.63, 3.8) is 0 Å². The smallest absolute Gasteiger partial charge is 0.301 e. The molecule has 5 aliphatic rings. The van der Waals surface area contributed by atoms with E-state index in [1.807, 2.05) is 41.1 Å². The van der Waals surface area contributed by atoms with Crippen LogP contribution in [0.25, 0.3) is 22.2 Å². The van der Waals surface area contributed by atoms with Gasteiger partial charge in [-0.3, -0.25) is 29.2 Å². The van der Waals surface area contributed by atoms with Gasteiger partial charge in [0.25, 0.3) is 5.91 Å². The molecule has 15 nitrogen and oxygen atoms in total. The molecule has 4 fully saturated rings. The maximum absolute atomic E-state index is 15.8. The number of aromatic amines is 1. The zero-order chi connectivity index (χ0) is 47.3. The molecule has 0 aliphatic carbocycles. The first kappa shape index (κ1) is 45.5. The fourth-order valence-corrected chi connectivity index (χ4v) is 11.4. The summed E-state index contributed by atoms with van der Waals surface area (Å²) < 4.78 is 79.4. The Kier molecular flexibility index (Phi) is 12.5. The van der Waals surface area contributed by atoms with Crippen LogP contribution in [0.1, 0.15) is 76.8 Å². The molecule has 2 atom stereocenters. The molecule has 3 amide bonds. The van der Waals surface area contributed by atoms with Crippen molar-refractivity contribution in [3.8, 4) is 11.1 Å². The van der Waals surface area contributed by atoms with Crippen LogP contribution >= 0.6 is 0 Å². The van der Waals surface area contributed by atoms with Crippen molar-refractivity contribution in [2.75, 3.05) is 67.0 Å². The van der Waals surface area contributed by atoms with E-state index in [9.17, 15) is 32.0 Å². The Morgan fingerprint density at radius 3 is 2.19 bits per heavy atom. The number of pyridine rings is 1. The Balaban J connectivity index is 0.694. The number of alkyl halides is 1. The van der Waals surface area contributed by atoms with Gasteiger partial charge in [-0.25, -0.2) is 18.2 Å². The number of amides is 3. The fraction of sp³-hybridized carbons (Fsp3) is 0.408. The van der Waals surface area contributed by atoms with Gasteiger partial charge in [-0.05, 0) is 110 Å². The summed E-state index contributed by atoms with van der Waals surface area (Å²) in [6.45, 7) is 4.89. The number of halogens is 3. The maximum atomic E-state index is 15.8. The van der Waals surface area contributed by atoms with Crippen molar-refractivity contribution >= 4 is 61.8 Å². The third kappa shape index (κ3) is 9.05. The molecule has 2 unspecified atom stereocenters. The first-order chi connectivity index (χ1) is 32.8. The molecule has 356 valence electrons. The number of ketones is 1. The molecule has 0 spiro atoms. The Labute approximate surface area is 391 Å². The number of rotatable bonds is 13. The van der Waals surface area contributed by atoms with Crippen molar-refractivity contribution in [2.24, 2.45) is 11.8 Å².